The second kappa shape index (κ2) is 7.95. The zero-order valence-corrected chi connectivity index (χ0v) is 11.4. The Bertz CT molecular complexity index is 384. The van der Waals surface area contributed by atoms with Crippen LogP contribution >= 0.6 is 11.6 Å². The zero-order valence-electron chi connectivity index (χ0n) is 10.6. The van der Waals surface area contributed by atoms with Crippen LogP contribution in [0, 0.1) is 0 Å². The molecule has 1 N–H and O–H groups in total. The molecule has 0 spiro atoms. The number of para-hydroxylation sites is 1. The highest BCUT2D eigenvalue weighted by atomic mass is 35.5. The maximum atomic E-state index is 11.7. The minimum Gasteiger partial charge on any atom is -0.496 e. The van der Waals surface area contributed by atoms with Crippen molar-refractivity contribution in [2.24, 2.45) is 0 Å². The van der Waals surface area contributed by atoms with E-state index in [4.69, 9.17) is 21.1 Å². The van der Waals surface area contributed by atoms with E-state index in [1.165, 1.54) is 0 Å². The summed E-state index contributed by atoms with van der Waals surface area (Å²) < 4.78 is 10.1. The first-order valence-electron chi connectivity index (χ1n) is 5.69. The first kappa shape index (κ1) is 14.8. The summed E-state index contributed by atoms with van der Waals surface area (Å²) >= 11 is 5.92. The smallest absolute Gasteiger partial charge is 0.224 e. The number of alkyl halides is 1. The van der Waals surface area contributed by atoms with Crippen molar-refractivity contribution in [3.05, 3.63) is 29.8 Å². The molecule has 1 unspecified atom stereocenters. The van der Waals surface area contributed by atoms with Gasteiger partial charge in [-0.25, -0.2) is 0 Å². The summed E-state index contributed by atoms with van der Waals surface area (Å²) in [4.78, 5) is 11.7. The fourth-order valence-electron chi connectivity index (χ4n) is 1.55. The molecule has 0 heterocycles. The van der Waals surface area contributed by atoms with Crippen molar-refractivity contribution in [2.75, 3.05) is 27.4 Å². The SMILES string of the molecule is COCC(Cl)CNC(=O)Cc1ccccc1OC. The summed E-state index contributed by atoms with van der Waals surface area (Å²) in [7, 11) is 3.16. The van der Waals surface area contributed by atoms with Gasteiger partial charge in [0.05, 0.1) is 25.5 Å². The Morgan fingerprint density at radius 3 is 2.78 bits per heavy atom. The average Bonchev–Trinajstić information content (AvgIpc) is 2.37. The van der Waals surface area contributed by atoms with Crippen LogP contribution in [-0.4, -0.2) is 38.7 Å². The number of hydrogen-bond acceptors (Lipinski definition) is 3. The molecule has 18 heavy (non-hydrogen) atoms. The molecule has 4 nitrogen and oxygen atoms in total. The number of carbonyl (C=O) groups excluding carboxylic acids is 1. The number of ether oxygens (including phenoxy) is 2. The Morgan fingerprint density at radius 1 is 1.39 bits per heavy atom. The zero-order chi connectivity index (χ0) is 13.4. The predicted molar refractivity (Wildman–Crippen MR) is 71.2 cm³/mol. The minimum atomic E-state index is -0.211. The van der Waals surface area contributed by atoms with Gasteiger partial charge < -0.3 is 14.8 Å². The van der Waals surface area contributed by atoms with Crippen molar-refractivity contribution in [2.45, 2.75) is 11.8 Å². The third kappa shape index (κ3) is 4.94. The van der Waals surface area contributed by atoms with Crippen molar-refractivity contribution in [1.82, 2.24) is 5.32 Å². The monoisotopic (exact) mass is 271 g/mol. The molecule has 1 rings (SSSR count). The molecule has 1 amide bonds. The molecule has 0 aliphatic heterocycles. The number of amides is 1. The highest BCUT2D eigenvalue weighted by molar-refractivity contribution is 6.21. The van der Waals surface area contributed by atoms with Crippen molar-refractivity contribution in [3.63, 3.8) is 0 Å². The molecule has 0 bridgehead atoms. The van der Waals surface area contributed by atoms with E-state index in [0.717, 1.165) is 5.56 Å². The molecule has 0 saturated heterocycles. The van der Waals surface area contributed by atoms with Crippen LogP contribution in [0.1, 0.15) is 5.56 Å². The summed E-state index contributed by atoms with van der Waals surface area (Å²) in [5.41, 5.74) is 0.857. The summed E-state index contributed by atoms with van der Waals surface area (Å²) in [6, 6.07) is 7.44. The van der Waals surface area contributed by atoms with Crippen LogP contribution in [0.15, 0.2) is 24.3 Å². The van der Waals surface area contributed by atoms with Gasteiger partial charge in [-0.15, -0.1) is 11.6 Å². The van der Waals surface area contributed by atoms with Crippen LogP contribution in [0.25, 0.3) is 0 Å². The van der Waals surface area contributed by atoms with Crippen LogP contribution in [0.3, 0.4) is 0 Å². The molecule has 1 aromatic carbocycles. The summed E-state index contributed by atoms with van der Waals surface area (Å²) in [5.74, 6) is 0.633. The summed E-state index contributed by atoms with van der Waals surface area (Å²) in [6.45, 7) is 0.805. The number of methoxy groups -OCH3 is 2. The third-order valence-electron chi connectivity index (χ3n) is 2.41. The number of nitrogens with one attached hydrogen (secondary N) is 1. The van der Waals surface area contributed by atoms with Gasteiger partial charge in [0, 0.05) is 19.2 Å². The lowest BCUT2D eigenvalue weighted by atomic mass is 10.1. The first-order valence-corrected chi connectivity index (χ1v) is 6.12. The van der Waals surface area contributed by atoms with Crippen molar-refractivity contribution in [3.8, 4) is 5.75 Å². The number of rotatable bonds is 7. The molecule has 0 aliphatic carbocycles. The molecule has 0 radical (unpaired) electrons. The van der Waals surface area contributed by atoms with E-state index in [-0.39, 0.29) is 17.7 Å². The van der Waals surface area contributed by atoms with Gasteiger partial charge >= 0.3 is 0 Å². The highest BCUT2D eigenvalue weighted by Crippen LogP contribution is 2.17. The van der Waals surface area contributed by atoms with E-state index in [2.05, 4.69) is 5.32 Å². The molecule has 1 atom stereocenters. The van der Waals surface area contributed by atoms with Gasteiger partial charge in [0.2, 0.25) is 5.91 Å². The number of carbonyl (C=O) groups is 1. The molecule has 5 heteroatoms. The predicted octanol–water partition coefficient (Wildman–Crippen LogP) is 1.61. The van der Waals surface area contributed by atoms with Gasteiger partial charge in [-0.2, -0.15) is 0 Å². The molecule has 0 fully saturated rings. The quantitative estimate of drug-likeness (QED) is 0.767. The van der Waals surface area contributed by atoms with E-state index < -0.39 is 0 Å². The lowest BCUT2D eigenvalue weighted by Gasteiger charge is -2.11. The Morgan fingerprint density at radius 2 is 2.11 bits per heavy atom. The summed E-state index contributed by atoms with van der Waals surface area (Å²) in [6.07, 6.45) is 0.278. The van der Waals surface area contributed by atoms with E-state index in [9.17, 15) is 4.79 Å². The fraction of sp³-hybridized carbons (Fsp3) is 0.462. The molecular formula is C13H18ClNO3. The Labute approximate surface area is 112 Å². The van der Waals surface area contributed by atoms with E-state index >= 15 is 0 Å². The second-order valence-corrected chi connectivity index (χ2v) is 4.46. The first-order chi connectivity index (χ1) is 8.67. The molecular weight excluding hydrogens is 254 g/mol. The van der Waals surface area contributed by atoms with Gasteiger partial charge in [-0.1, -0.05) is 18.2 Å². The molecule has 0 aliphatic rings. The van der Waals surface area contributed by atoms with E-state index in [1.54, 1.807) is 14.2 Å². The second-order valence-electron chi connectivity index (χ2n) is 3.85. The van der Waals surface area contributed by atoms with Crippen LogP contribution in [-0.2, 0) is 16.0 Å². The molecule has 0 aromatic heterocycles. The topological polar surface area (TPSA) is 47.6 Å². The molecule has 0 saturated carbocycles. The van der Waals surface area contributed by atoms with Gasteiger partial charge in [-0.05, 0) is 6.07 Å². The standard InChI is InChI=1S/C13H18ClNO3/c1-17-9-11(14)8-15-13(16)7-10-5-3-4-6-12(10)18-2/h3-6,11H,7-9H2,1-2H3,(H,15,16). The van der Waals surface area contributed by atoms with Gasteiger partial charge in [0.1, 0.15) is 5.75 Å². The Hall–Kier alpha value is -1.26. The fourth-order valence-corrected chi connectivity index (χ4v) is 1.75. The molecule has 1 aromatic rings. The van der Waals surface area contributed by atoms with Crippen LogP contribution in [0.5, 0.6) is 5.75 Å². The average molecular weight is 272 g/mol. The van der Waals surface area contributed by atoms with Gasteiger partial charge in [-0.3, -0.25) is 4.79 Å². The van der Waals surface area contributed by atoms with Gasteiger partial charge in [0.25, 0.3) is 0 Å². The summed E-state index contributed by atoms with van der Waals surface area (Å²) in [5, 5.41) is 2.55. The lowest BCUT2D eigenvalue weighted by Crippen LogP contribution is -2.32. The number of hydrogen-bond donors (Lipinski definition) is 1. The lowest BCUT2D eigenvalue weighted by molar-refractivity contribution is -0.120. The largest absolute Gasteiger partial charge is 0.496 e. The van der Waals surface area contributed by atoms with Crippen molar-refractivity contribution < 1.29 is 14.3 Å². The van der Waals surface area contributed by atoms with Crippen LogP contribution in [0.2, 0.25) is 0 Å². The minimum absolute atomic E-state index is 0.0822. The van der Waals surface area contributed by atoms with Crippen molar-refractivity contribution in [1.29, 1.82) is 0 Å². The van der Waals surface area contributed by atoms with E-state index in [1.807, 2.05) is 24.3 Å². The highest BCUT2D eigenvalue weighted by Gasteiger charge is 2.10. The Balaban J connectivity index is 2.44. The maximum absolute atomic E-state index is 11.7. The third-order valence-corrected chi connectivity index (χ3v) is 2.69. The van der Waals surface area contributed by atoms with Crippen molar-refractivity contribution >= 4 is 17.5 Å². The number of halogens is 1. The maximum Gasteiger partial charge on any atom is 0.224 e. The van der Waals surface area contributed by atoms with Crippen LogP contribution in [0.4, 0.5) is 0 Å². The van der Waals surface area contributed by atoms with Crippen LogP contribution < -0.4 is 10.1 Å². The van der Waals surface area contributed by atoms with Gasteiger partial charge in [0.15, 0.2) is 0 Å². The Kier molecular flexibility index (Phi) is 6.54. The molecule has 100 valence electrons. The normalized spacial score (nSPS) is 11.9. The number of benzene rings is 1. The van der Waals surface area contributed by atoms with E-state index in [0.29, 0.717) is 18.9 Å².